The molecule has 0 aliphatic heterocycles. The molecule has 0 aromatic heterocycles. The van der Waals surface area contributed by atoms with Crippen LogP contribution in [0.25, 0.3) is 0 Å². The highest BCUT2D eigenvalue weighted by Crippen LogP contribution is 2.25. The van der Waals surface area contributed by atoms with Crippen molar-refractivity contribution >= 4 is 0 Å². The molecule has 3 heteroatoms. The summed E-state index contributed by atoms with van der Waals surface area (Å²) in [6, 6.07) is 0. The summed E-state index contributed by atoms with van der Waals surface area (Å²) in [6.45, 7) is 8.49. The minimum absolute atomic E-state index is 0. The third kappa shape index (κ3) is 14.1. The largest absolute Gasteiger partial charge is 0.412 e. The van der Waals surface area contributed by atoms with Gasteiger partial charge in [0.25, 0.3) is 0 Å². The molecular weight excluding hydrogens is 243 g/mol. The Bertz CT molecular complexity index is 151. The Morgan fingerprint density at radius 2 is 1.16 bits per heavy atom. The van der Waals surface area contributed by atoms with Crippen LogP contribution in [0.3, 0.4) is 0 Å². The third-order valence-electron chi connectivity index (χ3n) is 3.77. The van der Waals surface area contributed by atoms with Crippen molar-refractivity contribution in [3.63, 3.8) is 0 Å². The first kappa shape index (κ1) is 23.9. The van der Waals surface area contributed by atoms with Gasteiger partial charge >= 0.3 is 0 Å². The predicted molar refractivity (Wildman–Crippen MR) is 83.4 cm³/mol. The van der Waals surface area contributed by atoms with E-state index < -0.39 is 6.17 Å². The van der Waals surface area contributed by atoms with Gasteiger partial charge in [0.2, 0.25) is 0 Å². The fraction of sp³-hybridized carbons (Fsp3) is 1.00. The lowest BCUT2D eigenvalue weighted by Crippen LogP contribution is -2.12. The lowest BCUT2D eigenvalue weighted by Gasteiger charge is -2.20. The summed E-state index contributed by atoms with van der Waals surface area (Å²) in [6.07, 6.45) is 10.9. The summed E-state index contributed by atoms with van der Waals surface area (Å²) >= 11 is 0. The van der Waals surface area contributed by atoms with Crippen LogP contribution in [0.2, 0.25) is 0 Å². The van der Waals surface area contributed by atoms with Gasteiger partial charge in [-0.3, -0.25) is 0 Å². The van der Waals surface area contributed by atoms with Crippen molar-refractivity contribution in [3.05, 3.63) is 0 Å². The summed E-state index contributed by atoms with van der Waals surface area (Å²) in [4.78, 5) is 0. The van der Waals surface area contributed by atoms with E-state index in [0.29, 0.717) is 5.92 Å². The van der Waals surface area contributed by atoms with Gasteiger partial charge in [0.05, 0.1) is 0 Å². The first-order chi connectivity index (χ1) is 8.18. The molecule has 2 atom stereocenters. The lowest BCUT2D eigenvalue weighted by atomic mass is 9.90. The standard InChI is InChI=1S/C7H13F.C7H14.C2H6.2H2O/c1-6-3-2-4-7(8)5-6;1-7-5-3-2-4-6-7;1-2;;/h6-7H,2-5H2,1H3;7H,2-6H2,1H3;1-2H3;2*1H2. The average Bonchev–Trinajstić information content (AvgIpc) is 2.33. The van der Waals surface area contributed by atoms with Crippen molar-refractivity contribution in [1.82, 2.24) is 0 Å². The molecule has 2 unspecified atom stereocenters. The Kier molecular flexibility index (Phi) is 20.0. The second-order valence-corrected chi connectivity index (χ2v) is 5.61. The first-order valence-corrected chi connectivity index (χ1v) is 7.82. The maximum atomic E-state index is 12.4. The van der Waals surface area contributed by atoms with E-state index in [1.54, 1.807) is 0 Å². The van der Waals surface area contributed by atoms with E-state index in [0.717, 1.165) is 25.2 Å². The molecule has 4 N–H and O–H groups in total. The van der Waals surface area contributed by atoms with Crippen LogP contribution in [0.4, 0.5) is 4.39 Å². The van der Waals surface area contributed by atoms with Crippen molar-refractivity contribution in [2.75, 3.05) is 0 Å². The number of alkyl halides is 1. The van der Waals surface area contributed by atoms with Crippen LogP contribution in [0.15, 0.2) is 0 Å². The van der Waals surface area contributed by atoms with E-state index in [1.807, 2.05) is 13.8 Å². The summed E-state index contributed by atoms with van der Waals surface area (Å²) in [5.41, 5.74) is 0. The molecule has 0 heterocycles. The number of rotatable bonds is 0. The lowest BCUT2D eigenvalue weighted by molar-refractivity contribution is 0.208. The zero-order valence-electron chi connectivity index (χ0n) is 13.5. The van der Waals surface area contributed by atoms with Crippen LogP contribution in [0.5, 0.6) is 0 Å². The van der Waals surface area contributed by atoms with Gasteiger partial charge in [-0.2, -0.15) is 0 Å². The molecule has 120 valence electrons. The van der Waals surface area contributed by atoms with E-state index >= 15 is 0 Å². The summed E-state index contributed by atoms with van der Waals surface area (Å²) in [5, 5.41) is 0. The molecule has 2 rings (SSSR count). The third-order valence-corrected chi connectivity index (χ3v) is 3.77. The van der Waals surface area contributed by atoms with Gasteiger partial charge < -0.3 is 11.0 Å². The van der Waals surface area contributed by atoms with Crippen molar-refractivity contribution in [2.24, 2.45) is 11.8 Å². The molecule has 0 bridgehead atoms. The van der Waals surface area contributed by atoms with Crippen LogP contribution in [-0.2, 0) is 0 Å². The monoisotopic (exact) mass is 280 g/mol. The van der Waals surface area contributed by atoms with Gasteiger partial charge in [0.15, 0.2) is 0 Å². The van der Waals surface area contributed by atoms with E-state index in [-0.39, 0.29) is 11.0 Å². The van der Waals surface area contributed by atoms with Crippen molar-refractivity contribution < 1.29 is 15.3 Å². The maximum Gasteiger partial charge on any atom is 0.100 e. The van der Waals surface area contributed by atoms with Gasteiger partial charge in [0, 0.05) is 0 Å². The Morgan fingerprint density at radius 3 is 1.42 bits per heavy atom. The second kappa shape index (κ2) is 15.9. The molecule has 0 amide bonds. The maximum absolute atomic E-state index is 12.4. The molecule has 0 radical (unpaired) electrons. The Hall–Kier alpha value is -0.150. The van der Waals surface area contributed by atoms with Crippen LogP contribution in [0, 0.1) is 11.8 Å². The summed E-state index contributed by atoms with van der Waals surface area (Å²) < 4.78 is 12.4. The van der Waals surface area contributed by atoms with Crippen molar-refractivity contribution in [2.45, 2.75) is 91.7 Å². The minimum Gasteiger partial charge on any atom is -0.412 e. The normalized spacial score (nSPS) is 26.4. The molecule has 2 aliphatic rings. The molecule has 2 fully saturated rings. The number of halogens is 1. The molecule has 0 aromatic carbocycles. The quantitative estimate of drug-likeness (QED) is 0.627. The highest BCUT2D eigenvalue weighted by molar-refractivity contribution is 4.68. The Morgan fingerprint density at radius 1 is 0.684 bits per heavy atom. The van der Waals surface area contributed by atoms with Gasteiger partial charge in [0.1, 0.15) is 6.17 Å². The fourth-order valence-electron chi connectivity index (χ4n) is 2.67. The molecule has 2 nitrogen and oxygen atoms in total. The van der Waals surface area contributed by atoms with Crippen LogP contribution in [-0.4, -0.2) is 17.1 Å². The van der Waals surface area contributed by atoms with Gasteiger partial charge in [-0.15, -0.1) is 0 Å². The van der Waals surface area contributed by atoms with Crippen LogP contribution in [0.1, 0.15) is 85.5 Å². The molecular formula is C16H37FO2. The number of hydrogen-bond donors (Lipinski definition) is 0. The topological polar surface area (TPSA) is 63.0 Å². The molecule has 2 aliphatic carbocycles. The Balaban J connectivity index is -0.000000219. The fourth-order valence-corrected chi connectivity index (χ4v) is 2.67. The molecule has 0 aromatic rings. The minimum atomic E-state index is -0.487. The zero-order chi connectivity index (χ0) is 13.1. The van der Waals surface area contributed by atoms with E-state index in [4.69, 9.17) is 0 Å². The summed E-state index contributed by atoms with van der Waals surface area (Å²) in [5.74, 6) is 1.67. The van der Waals surface area contributed by atoms with Crippen molar-refractivity contribution in [1.29, 1.82) is 0 Å². The van der Waals surface area contributed by atoms with Gasteiger partial charge in [-0.05, 0) is 24.7 Å². The predicted octanol–water partition coefficient (Wildman–Crippen LogP) is 4.50. The van der Waals surface area contributed by atoms with E-state index in [1.165, 1.54) is 38.5 Å². The SMILES string of the molecule is CC.CC1CCCC(F)C1.CC1CCCCC1.O.O. The van der Waals surface area contributed by atoms with E-state index in [2.05, 4.69) is 13.8 Å². The van der Waals surface area contributed by atoms with Gasteiger partial charge in [-0.1, -0.05) is 72.6 Å². The highest BCUT2D eigenvalue weighted by atomic mass is 19.1. The smallest absolute Gasteiger partial charge is 0.100 e. The molecule has 19 heavy (non-hydrogen) atoms. The Labute approximate surface area is 119 Å². The molecule has 0 spiro atoms. The molecule has 2 saturated carbocycles. The number of hydrogen-bond acceptors (Lipinski definition) is 0. The van der Waals surface area contributed by atoms with E-state index in [9.17, 15) is 4.39 Å². The first-order valence-electron chi connectivity index (χ1n) is 7.82. The highest BCUT2D eigenvalue weighted by Gasteiger charge is 2.16. The van der Waals surface area contributed by atoms with Crippen molar-refractivity contribution in [3.8, 4) is 0 Å². The molecule has 0 saturated heterocycles. The summed E-state index contributed by atoms with van der Waals surface area (Å²) in [7, 11) is 0. The second-order valence-electron chi connectivity index (χ2n) is 5.61. The van der Waals surface area contributed by atoms with Crippen LogP contribution < -0.4 is 0 Å². The van der Waals surface area contributed by atoms with Crippen LogP contribution >= 0.6 is 0 Å². The van der Waals surface area contributed by atoms with Gasteiger partial charge in [-0.25, -0.2) is 4.39 Å². The average molecular weight is 280 g/mol. The zero-order valence-corrected chi connectivity index (χ0v) is 13.5.